The molecule has 0 aliphatic rings. The van der Waals surface area contributed by atoms with E-state index in [9.17, 15) is 5.11 Å². The highest BCUT2D eigenvalue weighted by Crippen LogP contribution is 2.24. The molecule has 0 fully saturated rings. The van der Waals surface area contributed by atoms with Crippen LogP contribution in [0.2, 0.25) is 0 Å². The summed E-state index contributed by atoms with van der Waals surface area (Å²) >= 11 is 0. The van der Waals surface area contributed by atoms with Crippen LogP contribution in [0.4, 0.5) is 0 Å². The fourth-order valence-corrected chi connectivity index (χ4v) is 1.34. The normalized spacial score (nSPS) is 12.4. The van der Waals surface area contributed by atoms with Crippen LogP contribution >= 0.6 is 0 Å². The molecule has 0 amide bonds. The van der Waals surface area contributed by atoms with Gasteiger partial charge in [0.05, 0.1) is 6.61 Å². The van der Waals surface area contributed by atoms with Gasteiger partial charge in [-0.05, 0) is 25.1 Å². The van der Waals surface area contributed by atoms with Gasteiger partial charge in [-0.2, -0.15) is 0 Å². The standard InChI is InChI=1S/C12H19NO3/c1-15-7-6-10(8-13)9-16-12-5-3-2-4-11(12)14/h2-5,10,14H,6-9,13H2,1H3. The monoisotopic (exact) mass is 225 g/mol. The fourth-order valence-electron chi connectivity index (χ4n) is 1.34. The van der Waals surface area contributed by atoms with Crippen LogP contribution in [-0.4, -0.2) is 32.0 Å². The van der Waals surface area contributed by atoms with Crippen molar-refractivity contribution in [2.24, 2.45) is 11.7 Å². The highest BCUT2D eigenvalue weighted by Gasteiger charge is 2.08. The molecule has 16 heavy (non-hydrogen) atoms. The van der Waals surface area contributed by atoms with Crippen molar-refractivity contribution in [3.05, 3.63) is 24.3 Å². The van der Waals surface area contributed by atoms with E-state index < -0.39 is 0 Å². The van der Waals surface area contributed by atoms with Gasteiger partial charge in [-0.1, -0.05) is 12.1 Å². The molecule has 3 N–H and O–H groups in total. The number of phenolic OH excluding ortho intramolecular Hbond substituents is 1. The highest BCUT2D eigenvalue weighted by molar-refractivity contribution is 5.37. The summed E-state index contributed by atoms with van der Waals surface area (Å²) in [6.07, 6.45) is 0.862. The second-order valence-electron chi connectivity index (χ2n) is 3.66. The molecule has 0 bridgehead atoms. The Balaban J connectivity index is 2.40. The predicted molar refractivity (Wildman–Crippen MR) is 62.6 cm³/mol. The number of methoxy groups -OCH3 is 1. The molecule has 0 aromatic heterocycles. The van der Waals surface area contributed by atoms with Crippen molar-refractivity contribution in [2.75, 3.05) is 26.9 Å². The van der Waals surface area contributed by atoms with Gasteiger partial charge in [-0.25, -0.2) is 0 Å². The summed E-state index contributed by atoms with van der Waals surface area (Å²) in [7, 11) is 1.66. The molecule has 0 heterocycles. The van der Waals surface area contributed by atoms with E-state index in [-0.39, 0.29) is 11.7 Å². The van der Waals surface area contributed by atoms with Crippen molar-refractivity contribution in [1.29, 1.82) is 0 Å². The van der Waals surface area contributed by atoms with Crippen LogP contribution < -0.4 is 10.5 Å². The van der Waals surface area contributed by atoms with Gasteiger partial charge in [-0.15, -0.1) is 0 Å². The van der Waals surface area contributed by atoms with Gasteiger partial charge < -0.3 is 20.3 Å². The smallest absolute Gasteiger partial charge is 0.160 e. The first-order valence-corrected chi connectivity index (χ1v) is 5.37. The molecule has 0 aliphatic carbocycles. The average Bonchev–Trinajstić information content (AvgIpc) is 2.31. The first-order chi connectivity index (χ1) is 7.77. The van der Waals surface area contributed by atoms with E-state index in [1.165, 1.54) is 0 Å². The number of hydrogen-bond acceptors (Lipinski definition) is 4. The van der Waals surface area contributed by atoms with Gasteiger partial charge in [0.2, 0.25) is 0 Å². The minimum atomic E-state index is 0.157. The molecule has 0 aliphatic heterocycles. The number of benzene rings is 1. The number of phenols is 1. The number of aromatic hydroxyl groups is 1. The van der Waals surface area contributed by atoms with Gasteiger partial charge >= 0.3 is 0 Å². The van der Waals surface area contributed by atoms with E-state index in [2.05, 4.69) is 0 Å². The molecular formula is C12H19NO3. The Morgan fingerprint density at radius 2 is 2.12 bits per heavy atom. The van der Waals surface area contributed by atoms with Crippen LogP contribution in [0.5, 0.6) is 11.5 Å². The Labute approximate surface area is 96.0 Å². The average molecular weight is 225 g/mol. The predicted octanol–water partition coefficient (Wildman–Crippen LogP) is 1.38. The lowest BCUT2D eigenvalue weighted by Crippen LogP contribution is -2.22. The number of nitrogens with two attached hydrogens (primary N) is 1. The summed E-state index contributed by atoms with van der Waals surface area (Å²) in [4.78, 5) is 0. The summed E-state index contributed by atoms with van der Waals surface area (Å²) in [5.74, 6) is 0.905. The van der Waals surface area contributed by atoms with Crippen LogP contribution in [0.3, 0.4) is 0 Å². The molecule has 0 saturated carbocycles. The number of ether oxygens (including phenoxy) is 2. The van der Waals surface area contributed by atoms with Crippen molar-refractivity contribution in [3.8, 4) is 11.5 Å². The molecular weight excluding hydrogens is 206 g/mol. The minimum absolute atomic E-state index is 0.157. The van der Waals surface area contributed by atoms with Gasteiger partial charge in [0.1, 0.15) is 0 Å². The number of para-hydroxylation sites is 2. The van der Waals surface area contributed by atoms with E-state index in [0.717, 1.165) is 6.42 Å². The lowest BCUT2D eigenvalue weighted by Gasteiger charge is -2.15. The van der Waals surface area contributed by atoms with Crippen molar-refractivity contribution in [2.45, 2.75) is 6.42 Å². The van der Waals surface area contributed by atoms with E-state index in [1.54, 1.807) is 25.3 Å². The molecule has 0 radical (unpaired) electrons. The van der Waals surface area contributed by atoms with Crippen molar-refractivity contribution >= 4 is 0 Å². The Morgan fingerprint density at radius 1 is 1.38 bits per heavy atom. The van der Waals surface area contributed by atoms with Crippen LogP contribution in [-0.2, 0) is 4.74 Å². The maximum absolute atomic E-state index is 9.49. The van der Waals surface area contributed by atoms with E-state index >= 15 is 0 Å². The van der Waals surface area contributed by atoms with Gasteiger partial charge in [-0.3, -0.25) is 0 Å². The second kappa shape index (κ2) is 7.09. The summed E-state index contributed by atoms with van der Waals surface area (Å²) in [6.45, 7) is 1.72. The molecule has 4 nitrogen and oxygen atoms in total. The molecule has 0 saturated heterocycles. The van der Waals surface area contributed by atoms with Crippen LogP contribution in [0, 0.1) is 5.92 Å². The summed E-state index contributed by atoms with van der Waals surface area (Å²) in [5.41, 5.74) is 5.62. The lowest BCUT2D eigenvalue weighted by molar-refractivity contribution is 0.156. The molecule has 1 aromatic carbocycles. The molecule has 1 atom stereocenters. The molecule has 1 rings (SSSR count). The third kappa shape index (κ3) is 4.08. The minimum Gasteiger partial charge on any atom is -0.504 e. The topological polar surface area (TPSA) is 64.7 Å². The second-order valence-corrected chi connectivity index (χ2v) is 3.66. The third-order valence-electron chi connectivity index (χ3n) is 2.40. The van der Waals surface area contributed by atoms with Crippen molar-refractivity contribution in [3.63, 3.8) is 0 Å². The zero-order valence-corrected chi connectivity index (χ0v) is 9.56. The van der Waals surface area contributed by atoms with Gasteiger partial charge in [0, 0.05) is 19.6 Å². The summed E-state index contributed by atoms with van der Waals surface area (Å²) in [5, 5.41) is 9.49. The molecule has 4 heteroatoms. The molecule has 1 unspecified atom stereocenters. The third-order valence-corrected chi connectivity index (χ3v) is 2.40. The highest BCUT2D eigenvalue weighted by atomic mass is 16.5. The van der Waals surface area contributed by atoms with Crippen LogP contribution in [0.15, 0.2) is 24.3 Å². The zero-order chi connectivity index (χ0) is 11.8. The lowest BCUT2D eigenvalue weighted by atomic mass is 10.1. The fraction of sp³-hybridized carbons (Fsp3) is 0.500. The van der Waals surface area contributed by atoms with Crippen molar-refractivity contribution < 1.29 is 14.6 Å². The summed E-state index contributed by atoms with van der Waals surface area (Å²) in [6, 6.07) is 6.91. The number of hydrogen-bond donors (Lipinski definition) is 2. The quantitative estimate of drug-likeness (QED) is 0.736. The summed E-state index contributed by atoms with van der Waals surface area (Å²) < 4.78 is 10.5. The first kappa shape index (κ1) is 12.8. The van der Waals surface area contributed by atoms with Gasteiger partial charge in [0.25, 0.3) is 0 Å². The Hall–Kier alpha value is -1.26. The maximum atomic E-state index is 9.49. The van der Waals surface area contributed by atoms with Crippen LogP contribution in [0.25, 0.3) is 0 Å². The van der Waals surface area contributed by atoms with Gasteiger partial charge in [0.15, 0.2) is 11.5 Å². The first-order valence-electron chi connectivity index (χ1n) is 5.37. The maximum Gasteiger partial charge on any atom is 0.160 e. The SMILES string of the molecule is COCCC(CN)COc1ccccc1O. The Bertz CT molecular complexity index is 304. The molecule has 0 spiro atoms. The Morgan fingerprint density at radius 3 is 2.75 bits per heavy atom. The van der Waals surface area contributed by atoms with Crippen LogP contribution in [0.1, 0.15) is 6.42 Å². The Kier molecular flexibility index (Phi) is 5.67. The largest absolute Gasteiger partial charge is 0.504 e. The van der Waals surface area contributed by atoms with E-state index in [4.69, 9.17) is 15.2 Å². The van der Waals surface area contributed by atoms with E-state index in [1.807, 2.05) is 6.07 Å². The zero-order valence-electron chi connectivity index (χ0n) is 9.56. The number of rotatable bonds is 7. The van der Waals surface area contributed by atoms with Crippen molar-refractivity contribution in [1.82, 2.24) is 0 Å². The van der Waals surface area contributed by atoms with E-state index in [0.29, 0.717) is 25.5 Å². The molecule has 90 valence electrons. The molecule has 1 aromatic rings.